The average molecular weight is 155 g/mol. The highest BCUT2D eigenvalue weighted by Gasteiger charge is 2.02. The van der Waals surface area contributed by atoms with Gasteiger partial charge in [0.15, 0.2) is 0 Å². The third-order valence-electron chi connectivity index (χ3n) is 1.39. The lowest BCUT2D eigenvalue weighted by atomic mass is 10.1. The Labute approximate surface area is 66.6 Å². The lowest BCUT2D eigenvalue weighted by Crippen LogP contribution is -2.05. The molecule has 0 aromatic carbocycles. The first-order chi connectivity index (χ1) is 5.16. The number of carbonyl (C=O) groups is 1. The molecular weight excluding hydrogens is 142 g/mol. The van der Waals surface area contributed by atoms with Gasteiger partial charge in [0.1, 0.15) is 5.78 Å². The molecule has 0 unspecified atom stereocenters. The van der Waals surface area contributed by atoms with Crippen LogP contribution in [0.5, 0.6) is 0 Å². The molecule has 0 saturated carbocycles. The molecule has 0 aromatic rings. The van der Waals surface area contributed by atoms with E-state index in [4.69, 9.17) is 10.4 Å². The van der Waals surface area contributed by atoms with Crippen molar-refractivity contribution in [3.8, 4) is 6.07 Å². The molecule has 1 atom stereocenters. The monoisotopic (exact) mass is 155 g/mol. The molecule has 0 amide bonds. The van der Waals surface area contributed by atoms with Gasteiger partial charge in [0.05, 0.1) is 18.6 Å². The zero-order valence-electron chi connectivity index (χ0n) is 6.71. The molecule has 0 rings (SSSR count). The Hall–Kier alpha value is -0.880. The molecule has 0 aliphatic rings. The lowest BCUT2D eigenvalue weighted by Gasteiger charge is -2.03. The summed E-state index contributed by atoms with van der Waals surface area (Å²) in [5.74, 6) is 0.133. The van der Waals surface area contributed by atoms with Crippen LogP contribution in [0, 0.1) is 11.3 Å². The van der Waals surface area contributed by atoms with Crippen molar-refractivity contribution in [3.63, 3.8) is 0 Å². The zero-order chi connectivity index (χ0) is 8.69. The van der Waals surface area contributed by atoms with Crippen molar-refractivity contribution in [2.24, 2.45) is 0 Å². The second-order valence-electron chi connectivity index (χ2n) is 2.61. The number of rotatable bonds is 5. The fraction of sp³-hybridized carbons (Fsp3) is 0.750. The van der Waals surface area contributed by atoms with Gasteiger partial charge in [-0.2, -0.15) is 5.26 Å². The van der Waals surface area contributed by atoms with Crippen LogP contribution in [0.15, 0.2) is 0 Å². The number of Topliss-reactive ketones (excluding diaryl/α,β-unsaturated/α-hetero) is 1. The molecule has 0 aliphatic carbocycles. The second kappa shape index (κ2) is 5.87. The Kier molecular flexibility index (Phi) is 5.40. The van der Waals surface area contributed by atoms with Crippen molar-refractivity contribution in [1.82, 2.24) is 0 Å². The molecule has 1 N–H and O–H groups in total. The number of aliphatic hydroxyl groups excluding tert-OH is 1. The van der Waals surface area contributed by atoms with Crippen LogP contribution in [0.25, 0.3) is 0 Å². The number of hydrogen-bond donors (Lipinski definition) is 1. The van der Waals surface area contributed by atoms with Gasteiger partial charge in [-0.05, 0) is 19.8 Å². The van der Waals surface area contributed by atoms with Crippen molar-refractivity contribution in [2.45, 2.75) is 38.7 Å². The van der Waals surface area contributed by atoms with Crippen molar-refractivity contribution >= 4 is 5.78 Å². The zero-order valence-corrected chi connectivity index (χ0v) is 6.71. The first-order valence-corrected chi connectivity index (χ1v) is 3.71. The van der Waals surface area contributed by atoms with Gasteiger partial charge in [0, 0.05) is 6.42 Å². The summed E-state index contributed by atoms with van der Waals surface area (Å²) in [5, 5.41) is 17.2. The topological polar surface area (TPSA) is 61.1 Å². The Morgan fingerprint density at radius 2 is 2.36 bits per heavy atom. The van der Waals surface area contributed by atoms with Crippen LogP contribution in [0.3, 0.4) is 0 Å². The number of carbonyl (C=O) groups excluding carboxylic acids is 1. The fourth-order valence-electron chi connectivity index (χ4n) is 0.794. The third-order valence-corrected chi connectivity index (χ3v) is 1.39. The Morgan fingerprint density at radius 3 is 2.82 bits per heavy atom. The Morgan fingerprint density at radius 1 is 1.73 bits per heavy atom. The Bertz CT molecular complexity index is 160. The maximum absolute atomic E-state index is 10.4. The van der Waals surface area contributed by atoms with Crippen molar-refractivity contribution < 1.29 is 9.90 Å². The highest BCUT2D eigenvalue weighted by Crippen LogP contribution is 2.03. The number of ketones is 1. The van der Waals surface area contributed by atoms with Crippen LogP contribution >= 0.6 is 0 Å². The van der Waals surface area contributed by atoms with Crippen molar-refractivity contribution in [2.75, 3.05) is 0 Å². The predicted molar refractivity (Wildman–Crippen MR) is 40.8 cm³/mol. The summed E-state index contributed by atoms with van der Waals surface area (Å²) in [6.07, 6.45) is 1.34. The maximum atomic E-state index is 10.4. The van der Waals surface area contributed by atoms with Crippen LogP contribution in [-0.4, -0.2) is 17.0 Å². The largest absolute Gasteiger partial charge is 0.392 e. The molecule has 0 bridgehead atoms. The molecule has 0 spiro atoms. The number of aliphatic hydroxyl groups is 1. The SMILES string of the molecule is CC(=O)CCC[C@H](O)CC#N. The van der Waals surface area contributed by atoms with Gasteiger partial charge in [-0.1, -0.05) is 0 Å². The summed E-state index contributed by atoms with van der Waals surface area (Å²) in [5.41, 5.74) is 0. The minimum Gasteiger partial charge on any atom is -0.392 e. The van der Waals surface area contributed by atoms with Gasteiger partial charge in [0.2, 0.25) is 0 Å². The van der Waals surface area contributed by atoms with E-state index in [-0.39, 0.29) is 12.2 Å². The van der Waals surface area contributed by atoms with E-state index in [2.05, 4.69) is 0 Å². The highest BCUT2D eigenvalue weighted by molar-refractivity contribution is 5.75. The lowest BCUT2D eigenvalue weighted by molar-refractivity contribution is -0.117. The molecule has 0 saturated heterocycles. The number of nitrogens with zero attached hydrogens (tertiary/aromatic N) is 1. The molecule has 0 fully saturated rings. The molecule has 0 heterocycles. The van der Waals surface area contributed by atoms with E-state index in [0.717, 1.165) is 0 Å². The molecule has 11 heavy (non-hydrogen) atoms. The summed E-state index contributed by atoms with van der Waals surface area (Å²) in [6.45, 7) is 1.52. The molecule has 62 valence electrons. The van der Waals surface area contributed by atoms with Gasteiger partial charge in [-0.3, -0.25) is 0 Å². The minimum atomic E-state index is -0.556. The van der Waals surface area contributed by atoms with E-state index in [1.165, 1.54) is 6.92 Å². The van der Waals surface area contributed by atoms with Crippen LogP contribution in [0.1, 0.15) is 32.6 Å². The van der Waals surface area contributed by atoms with Gasteiger partial charge in [0.25, 0.3) is 0 Å². The Balaban J connectivity index is 3.25. The van der Waals surface area contributed by atoms with E-state index in [0.29, 0.717) is 19.3 Å². The quantitative estimate of drug-likeness (QED) is 0.644. The molecule has 0 aromatic heterocycles. The van der Waals surface area contributed by atoms with Crippen molar-refractivity contribution in [3.05, 3.63) is 0 Å². The first kappa shape index (κ1) is 10.1. The summed E-state index contributed by atoms with van der Waals surface area (Å²) in [4.78, 5) is 10.4. The molecule has 0 radical (unpaired) electrons. The van der Waals surface area contributed by atoms with E-state index in [1.807, 2.05) is 6.07 Å². The number of nitriles is 1. The predicted octanol–water partition coefficient (Wildman–Crippen LogP) is 1.02. The highest BCUT2D eigenvalue weighted by atomic mass is 16.3. The van der Waals surface area contributed by atoms with Crippen LogP contribution in [0.4, 0.5) is 0 Å². The minimum absolute atomic E-state index is 0.133. The maximum Gasteiger partial charge on any atom is 0.129 e. The van der Waals surface area contributed by atoms with Crippen LogP contribution < -0.4 is 0 Å². The van der Waals surface area contributed by atoms with E-state index >= 15 is 0 Å². The van der Waals surface area contributed by atoms with Crippen LogP contribution in [-0.2, 0) is 4.79 Å². The molecular formula is C8H13NO2. The van der Waals surface area contributed by atoms with Gasteiger partial charge in [-0.25, -0.2) is 0 Å². The standard InChI is InChI=1S/C8H13NO2/c1-7(10)3-2-4-8(11)5-6-9/h8,11H,2-5H2,1H3/t8-/m0/s1. The summed E-state index contributed by atoms with van der Waals surface area (Å²) < 4.78 is 0. The summed E-state index contributed by atoms with van der Waals surface area (Å²) >= 11 is 0. The second-order valence-corrected chi connectivity index (χ2v) is 2.61. The van der Waals surface area contributed by atoms with Gasteiger partial charge >= 0.3 is 0 Å². The van der Waals surface area contributed by atoms with E-state index in [1.54, 1.807) is 0 Å². The van der Waals surface area contributed by atoms with Gasteiger partial charge < -0.3 is 9.90 Å². The normalized spacial score (nSPS) is 12.1. The fourth-order valence-corrected chi connectivity index (χ4v) is 0.794. The van der Waals surface area contributed by atoms with Crippen molar-refractivity contribution in [1.29, 1.82) is 5.26 Å². The molecule has 3 nitrogen and oxygen atoms in total. The van der Waals surface area contributed by atoms with Crippen LogP contribution in [0.2, 0.25) is 0 Å². The molecule has 0 aliphatic heterocycles. The third kappa shape index (κ3) is 7.01. The average Bonchev–Trinajstić information content (AvgIpc) is 1.87. The summed E-state index contributed by atoms with van der Waals surface area (Å²) in [7, 11) is 0. The number of hydrogen-bond acceptors (Lipinski definition) is 3. The summed E-state index contributed by atoms with van der Waals surface area (Å²) in [6, 6.07) is 1.87. The van der Waals surface area contributed by atoms with Gasteiger partial charge in [-0.15, -0.1) is 0 Å². The first-order valence-electron chi connectivity index (χ1n) is 3.71. The smallest absolute Gasteiger partial charge is 0.129 e. The van der Waals surface area contributed by atoms with E-state index < -0.39 is 6.10 Å². The molecule has 3 heteroatoms. The van der Waals surface area contributed by atoms with E-state index in [9.17, 15) is 4.79 Å².